The standard InChI is InChI=1S/C16H24N2S/c1-5-15-17-13-8-6-7-9-14(13)18(15)10-12(11-19)16(2,3)4/h6-9,12,19H,5,10-11H2,1-4H3. The zero-order chi connectivity index (χ0) is 14.0. The summed E-state index contributed by atoms with van der Waals surface area (Å²) in [6.45, 7) is 10.0. The molecule has 19 heavy (non-hydrogen) atoms. The first-order chi connectivity index (χ1) is 8.97. The van der Waals surface area contributed by atoms with Crippen LogP contribution >= 0.6 is 12.6 Å². The minimum Gasteiger partial charge on any atom is -0.328 e. The van der Waals surface area contributed by atoms with Gasteiger partial charge in [0.05, 0.1) is 11.0 Å². The van der Waals surface area contributed by atoms with Gasteiger partial charge < -0.3 is 4.57 Å². The fourth-order valence-electron chi connectivity index (χ4n) is 2.42. The zero-order valence-corrected chi connectivity index (χ0v) is 13.2. The quantitative estimate of drug-likeness (QED) is 0.829. The smallest absolute Gasteiger partial charge is 0.109 e. The van der Waals surface area contributed by atoms with E-state index in [0.717, 1.165) is 24.2 Å². The fraction of sp³-hybridized carbons (Fsp3) is 0.562. The molecule has 0 amide bonds. The van der Waals surface area contributed by atoms with Gasteiger partial charge in [-0.05, 0) is 29.2 Å². The lowest BCUT2D eigenvalue weighted by Crippen LogP contribution is -2.27. The Bertz CT molecular complexity index is 551. The van der Waals surface area contributed by atoms with Crippen molar-refractivity contribution in [3.8, 4) is 0 Å². The van der Waals surface area contributed by atoms with E-state index in [-0.39, 0.29) is 5.41 Å². The third-order valence-corrected chi connectivity index (χ3v) is 4.34. The summed E-state index contributed by atoms with van der Waals surface area (Å²) in [5, 5.41) is 0. The molecule has 0 bridgehead atoms. The average molecular weight is 276 g/mol. The van der Waals surface area contributed by atoms with Crippen LogP contribution < -0.4 is 0 Å². The van der Waals surface area contributed by atoms with Crippen LogP contribution in [0.25, 0.3) is 11.0 Å². The average Bonchev–Trinajstić information content (AvgIpc) is 2.72. The van der Waals surface area contributed by atoms with Crippen molar-refractivity contribution in [1.29, 1.82) is 0 Å². The van der Waals surface area contributed by atoms with Crippen LogP contribution in [-0.4, -0.2) is 15.3 Å². The number of rotatable bonds is 4. The van der Waals surface area contributed by atoms with Crippen molar-refractivity contribution in [2.75, 3.05) is 5.75 Å². The van der Waals surface area contributed by atoms with Crippen LogP contribution in [0.3, 0.4) is 0 Å². The first-order valence-corrected chi connectivity index (χ1v) is 7.65. The summed E-state index contributed by atoms with van der Waals surface area (Å²) in [5.74, 6) is 2.62. The highest BCUT2D eigenvalue weighted by molar-refractivity contribution is 7.80. The van der Waals surface area contributed by atoms with Crippen molar-refractivity contribution in [3.63, 3.8) is 0 Å². The molecule has 1 unspecified atom stereocenters. The Morgan fingerprint density at radius 3 is 2.53 bits per heavy atom. The molecular weight excluding hydrogens is 252 g/mol. The Kier molecular flexibility index (Phi) is 4.24. The second-order valence-electron chi connectivity index (χ2n) is 6.23. The van der Waals surface area contributed by atoms with Gasteiger partial charge in [-0.3, -0.25) is 0 Å². The minimum atomic E-state index is 0.262. The van der Waals surface area contributed by atoms with E-state index in [0.29, 0.717) is 5.92 Å². The highest BCUT2D eigenvalue weighted by atomic mass is 32.1. The number of aromatic nitrogens is 2. The van der Waals surface area contributed by atoms with Crippen molar-refractivity contribution in [2.45, 2.75) is 40.7 Å². The maximum absolute atomic E-state index is 4.74. The van der Waals surface area contributed by atoms with Crippen LogP contribution in [0.15, 0.2) is 24.3 Å². The van der Waals surface area contributed by atoms with Gasteiger partial charge in [0, 0.05) is 13.0 Å². The topological polar surface area (TPSA) is 17.8 Å². The molecule has 0 aliphatic heterocycles. The van der Waals surface area contributed by atoms with Gasteiger partial charge in [-0.1, -0.05) is 39.8 Å². The van der Waals surface area contributed by atoms with Crippen LogP contribution in [0.1, 0.15) is 33.5 Å². The number of hydrogen-bond acceptors (Lipinski definition) is 2. The predicted molar refractivity (Wildman–Crippen MR) is 85.9 cm³/mol. The second-order valence-corrected chi connectivity index (χ2v) is 6.59. The molecule has 1 aromatic heterocycles. The third kappa shape index (κ3) is 2.97. The molecular formula is C16H24N2S. The van der Waals surface area contributed by atoms with Crippen LogP contribution in [0.4, 0.5) is 0 Å². The van der Waals surface area contributed by atoms with E-state index in [1.54, 1.807) is 0 Å². The molecule has 0 aliphatic rings. The molecule has 0 fully saturated rings. The van der Waals surface area contributed by atoms with Crippen molar-refractivity contribution >= 4 is 23.7 Å². The number of benzene rings is 1. The van der Waals surface area contributed by atoms with E-state index < -0.39 is 0 Å². The molecule has 0 saturated heterocycles. The highest BCUT2D eigenvalue weighted by Gasteiger charge is 2.25. The summed E-state index contributed by atoms with van der Waals surface area (Å²) in [6.07, 6.45) is 0.970. The highest BCUT2D eigenvalue weighted by Crippen LogP contribution is 2.30. The van der Waals surface area contributed by atoms with E-state index >= 15 is 0 Å². The summed E-state index contributed by atoms with van der Waals surface area (Å²) in [7, 11) is 0. The monoisotopic (exact) mass is 276 g/mol. The Morgan fingerprint density at radius 1 is 1.26 bits per heavy atom. The number of imidazole rings is 1. The first kappa shape index (κ1) is 14.4. The van der Waals surface area contributed by atoms with E-state index in [1.165, 1.54) is 11.3 Å². The normalized spacial score (nSPS) is 13.9. The molecule has 104 valence electrons. The van der Waals surface area contributed by atoms with Gasteiger partial charge in [0.25, 0.3) is 0 Å². The molecule has 0 spiro atoms. The number of aryl methyl sites for hydroxylation is 1. The van der Waals surface area contributed by atoms with Crippen LogP contribution in [0, 0.1) is 11.3 Å². The largest absolute Gasteiger partial charge is 0.328 e. The fourth-order valence-corrected chi connectivity index (χ4v) is 3.09. The Hall–Kier alpha value is -0.960. The first-order valence-electron chi connectivity index (χ1n) is 7.02. The maximum Gasteiger partial charge on any atom is 0.109 e. The molecule has 2 nitrogen and oxygen atoms in total. The second kappa shape index (κ2) is 5.58. The van der Waals surface area contributed by atoms with Gasteiger partial charge in [-0.15, -0.1) is 0 Å². The van der Waals surface area contributed by atoms with Gasteiger partial charge >= 0.3 is 0 Å². The van der Waals surface area contributed by atoms with Crippen LogP contribution in [0.2, 0.25) is 0 Å². The third-order valence-electron chi connectivity index (χ3n) is 3.90. The van der Waals surface area contributed by atoms with Gasteiger partial charge in [-0.25, -0.2) is 4.98 Å². The van der Waals surface area contributed by atoms with Gasteiger partial charge in [0.1, 0.15) is 5.82 Å². The summed E-state index contributed by atoms with van der Waals surface area (Å²) in [6, 6.07) is 8.41. The molecule has 0 N–H and O–H groups in total. The number of hydrogen-bond donors (Lipinski definition) is 1. The molecule has 1 heterocycles. The minimum absolute atomic E-state index is 0.262. The molecule has 0 aliphatic carbocycles. The molecule has 1 aromatic carbocycles. The lowest BCUT2D eigenvalue weighted by Gasteiger charge is -2.30. The molecule has 0 saturated carbocycles. The van der Waals surface area contributed by atoms with Crippen molar-refractivity contribution < 1.29 is 0 Å². The van der Waals surface area contributed by atoms with Gasteiger partial charge in [0.15, 0.2) is 0 Å². The van der Waals surface area contributed by atoms with Crippen molar-refractivity contribution in [1.82, 2.24) is 9.55 Å². The molecule has 2 rings (SSSR count). The molecule has 2 aromatic rings. The van der Waals surface area contributed by atoms with E-state index in [2.05, 4.69) is 69.2 Å². The lowest BCUT2D eigenvalue weighted by molar-refractivity contribution is 0.238. The summed E-state index contributed by atoms with van der Waals surface area (Å²) >= 11 is 4.54. The molecule has 0 radical (unpaired) electrons. The van der Waals surface area contributed by atoms with Crippen molar-refractivity contribution in [2.24, 2.45) is 11.3 Å². The lowest BCUT2D eigenvalue weighted by atomic mass is 9.82. The van der Waals surface area contributed by atoms with Gasteiger partial charge in [0.2, 0.25) is 0 Å². The number of nitrogens with zero attached hydrogens (tertiary/aromatic N) is 2. The Morgan fingerprint density at radius 2 is 1.95 bits per heavy atom. The van der Waals surface area contributed by atoms with E-state index in [1.807, 2.05) is 0 Å². The summed E-state index contributed by atoms with van der Waals surface area (Å²) < 4.78 is 2.38. The zero-order valence-electron chi connectivity index (χ0n) is 12.3. The van der Waals surface area contributed by atoms with E-state index in [4.69, 9.17) is 4.98 Å². The van der Waals surface area contributed by atoms with Crippen LogP contribution in [0.5, 0.6) is 0 Å². The van der Waals surface area contributed by atoms with E-state index in [9.17, 15) is 0 Å². The SMILES string of the molecule is CCc1nc2ccccc2n1CC(CS)C(C)(C)C. The summed E-state index contributed by atoms with van der Waals surface area (Å²) in [5.41, 5.74) is 2.61. The van der Waals surface area contributed by atoms with Gasteiger partial charge in [-0.2, -0.15) is 12.6 Å². The van der Waals surface area contributed by atoms with Crippen molar-refractivity contribution in [3.05, 3.63) is 30.1 Å². The Labute approximate surface area is 121 Å². The summed E-state index contributed by atoms with van der Waals surface area (Å²) in [4.78, 5) is 4.74. The number of thiol groups is 1. The number of fused-ring (bicyclic) bond motifs is 1. The molecule has 1 atom stereocenters. The number of para-hydroxylation sites is 2. The maximum atomic E-state index is 4.74. The Balaban J connectivity index is 2.43. The molecule has 3 heteroatoms. The predicted octanol–water partition coefficient (Wildman–Crippen LogP) is 4.19. The van der Waals surface area contributed by atoms with Crippen LogP contribution in [-0.2, 0) is 13.0 Å².